The Balaban J connectivity index is 3.56. The van der Waals surface area contributed by atoms with E-state index in [1.54, 1.807) is 11.8 Å². The lowest BCUT2D eigenvalue weighted by molar-refractivity contribution is -0.121. The average molecular weight is 218 g/mol. The van der Waals surface area contributed by atoms with Gasteiger partial charge in [-0.3, -0.25) is 4.79 Å². The minimum atomic E-state index is 0.166. The molecule has 0 spiro atoms. The van der Waals surface area contributed by atoms with Crippen LogP contribution in [0, 0.1) is 0 Å². The third kappa shape index (κ3) is 7.21. The summed E-state index contributed by atoms with van der Waals surface area (Å²) in [5.74, 6) is 1.17. The van der Waals surface area contributed by atoms with Gasteiger partial charge in [-0.1, -0.05) is 6.92 Å². The fraction of sp³-hybridized carbons (Fsp3) is 0.900. The Labute approximate surface area is 91.2 Å². The zero-order chi connectivity index (χ0) is 10.8. The molecule has 1 amide bonds. The highest BCUT2D eigenvalue weighted by atomic mass is 32.2. The average Bonchev–Trinajstić information content (AvgIpc) is 2.17. The SMILES string of the molecule is CCC(CSC)NC(=O)CCCCN. The van der Waals surface area contributed by atoms with Gasteiger partial charge in [-0.05, 0) is 32.1 Å². The van der Waals surface area contributed by atoms with E-state index in [1.807, 2.05) is 0 Å². The van der Waals surface area contributed by atoms with Crippen LogP contribution in [0.4, 0.5) is 0 Å². The van der Waals surface area contributed by atoms with Crippen LogP contribution in [-0.2, 0) is 4.79 Å². The van der Waals surface area contributed by atoms with E-state index >= 15 is 0 Å². The molecule has 0 saturated heterocycles. The predicted octanol–water partition coefficient (Wildman–Crippen LogP) is 1.37. The molecule has 4 heteroatoms. The molecule has 0 fully saturated rings. The van der Waals surface area contributed by atoms with E-state index in [2.05, 4.69) is 18.5 Å². The van der Waals surface area contributed by atoms with Gasteiger partial charge in [0, 0.05) is 18.2 Å². The van der Waals surface area contributed by atoms with Gasteiger partial charge in [0.15, 0.2) is 0 Å². The summed E-state index contributed by atoms with van der Waals surface area (Å²) in [6, 6.07) is 0.329. The van der Waals surface area contributed by atoms with E-state index in [1.165, 1.54) is 0 Å². The lowest BCUT2D eigenvalue weighted by atomic mass is 10.2. The van der Waals surface area contributed by atoms with E-state index in [9.17, 15) is 4.79 Å². The van der Waals surface area contributed by atoms with E-state index in [0.29, 0.717) is 19.0 Å². The van der Waals surface area contributed by atoms with Gasteiger partial charge in [0.2, 0.25) is 5.91 Å². The maximum atomic E-state index is 11.4. The summed E-state index contributed by atoms with van der Waals surface area (Å²) in [5, 5.41) is 3.03. The van der Waals surface area contributed by atoms with Crippen molar-refractivity contribution in [3.05, 3.63) is 0 Å². The molecule has 0 radical (unpaired) electrons. The van der Waals surface area contributed by atoms with Crippen LogP contribution < -0.4 is 11.1 Å². The molecular formula is C10H22N2OS. The first-order chi connectivity index (χ1) is 6.74. The van der Waals surface area contributed by atoms with Gasteiger partial charge in [0.05, 0.1) is 0 Å². The van der Waals surface area contributed by atoms with Gasteiger partial charge >= 0.3 is 0 Å². The van der Waals surface area contributed by atoms with Gasteiger partial charge in [0.25, 0.3) is 0 Å². The molecule has 0 heterocycles. The fourth-order valence-electron chi connectivity index (χ4n) is 1.19. The van der Waals surface area contributed by atoms with Crippen molar-refractivity contribution in [3.8, 4) is 0 Å². The number of nitrogens with two attached hydrogens (primary N) is 1. The van der Waals surface area contributed by atoms with Gasteiger partial charge < -0.3 is 11.1 Å². The van der Waals surface area contributed by atoms with Crippen LogP contribution in [0.2, 0.25) is 0 Å². The van der Waals surface area contributed by atoms with Crippen molar-refractivity contribution >= 4 is 17.7 Å². The molecule has 0 bridgehead atoms. The highest BCUT2D eigenvalue weighted by Crippen LogP contribution is 2.02. The topological polar surface area (TPSA) is 55.1 Å². The van der Waals surface area contributed by atoms with Gasteiger partial charge in [-0.25, -0.2) is 0 Å². The van der Waals surface area contributed by atoms with Crippen molar-refractivity contribution < 1.29 is 4.79 Å². The molecule has 0 aromatic carbocycles. The molecule has 0 saturated carbocycles. The number of unbranched alkanes of at least 4 members (excludes halogenated alkanes) is 1. The normalized spacial score (nSPS) is 12.5. The Morgan fingerprint density at radius 3 is 2.71 bits per heavy atom. The van der Waals surface area contributed by atoms with Crippen molar-refractivity contribution in [2.24, 2.45) is 5.73 Å². The number of nitrogens with one attached hydrogen (secondary N) is 1. The molecule has 3 N–H and O–H groups in total. The number of thioether (sulfide) groups is 1. The number of amides is 1. The lowest BCUT2D eigenvalue weighted by Gasteiger charge is -2.15. The smallest absolute Gasteiger partial charge is 0.220 e. The molecule has 14 heavy (non-hydrogen) atoms. The molecule has 0 aliphatic heterocycles. The molecule has 0 aromatic heterocycles. The zero-order valence-corrected chi connectivity index (χ0v) is 10.0. The number of hydrogen-bond acceptors (Lipinski definition) is 3. The Hall–Kier alpha value is -0.220. The number of hydrogen-bond donors (Lipinski definition) is 2. The van der Waals surface area contributed by atoms with Crippen molar-refractivity contribution in [3.63, 3.8) is 0 Å². The van der Waals surface area contributed by atoms with Crippen LogP contribution in [-0.4, -0.2) is 30.5 Å². The first-order valence-corrected chi connectivity index (χ1v) is 6.62. The van der Waals surface area contributed by atoms with Crippen molar-refractivity contribution in [1.82, 2.24) is 5.32 Å². The standard InChI is InChI=1S/C10H22N2OS/c1-3-9(8-14-2)12-10(13)6-4-5-7-11/h9H,3-8,11H2,1-2H3,(H,12,13). The molecule has 0 aromatic rings. The fourth-order valence-corrected chi connectivity index (χ4v) is 1.91. The summed E-state index contributed by atoms with van der Waals surface area (Å²) in [6.45, 7) is 2.77. The van der Waals surface area contributed by atoms with Crippen LogP contribution in [0.3, 0.4) is 0 Å². The summed E-state index contributed by atoms with van der Waals surface area (Å²) in [5.41, 5.74) is 5.35. The van der Waals surface area contributed by atoms with E-state index in [4.69, 9.17) is 5.73 Å². The molecule has 0 rings (SSSR count). The first kappa shape index (κ1) is 13.8. The Morgan fingerprint density at radius 2 is 2.21 bits per heavy atom. The van der Waals surface area contributed by atoms with E-state index in [0.717, 1.165) is 25.0 Å². The molecule has 0 aliphatic carbocycles. The van der Waals surface area contributed by atoms with E-state index in [-0.39, 0.29) is 5.91 Å². The molecular weight excluding hydrogens is 196 g/mol. The van der Waals surface area contributed by atoms with E-state index < -0.39 is 0 Å². The second-order valence-electron chi connectivity index (χ2n) is 3.37. The number of carbonyl (C=O) groups excluding carboxylic acids is 1. The summed E-state index contributed by atoms with van der Waals surface area (Å²) in [4.78, 5) is 11.4. The zero-order valence-electron chi connectivity index (χ0n) is 9.21. The van der Waals surface area contributed by atoms with Gasteiger partial charge in [-0.2, -0.15) is 11.8 Å². The molecule has 1 atom stereocenters. The number of rotatable bonds is 8. The monoisotopic (exact) mass is 218 g/mol. The predicted molar refractivity (Wildman–Crippen MR) is 63.5 cm³/mol. The quantitative estimate of drug-likeness (QED) is 0.605. The second kappa shape index (κ2) is 9.34. The third-order valence-corrected chi connectivity index (χ3v) is 2.82. The number of carbonyl (C=O) groups is 1. The summed E-state index contributed by atoms with van der Waals surface area (Å²) in [6.07, 6.45) is 5.51. The molecule has 0 aliphatic rings. The van der Waals surface area contributed by atoms with Gasteiger partial charge in [0.1, 0.15) is 0 Å². The van der Waals surface area contributed by atoms with Crippen molar-refractivity contribution in [2.45, 2.75) is 38.6 Å². The van der Waals surface area contributed by atoms with Crippen LogP contribution in [0.15, 0.2) is 0 Å². The lowest BCUT2D eigenvalue weighted by Crippen LogP contribution is -2.35. The summed E-state index contributed by atoms with van der Waals surface area (Å²) >= 11 is 1.77. The largest absolute Gasteiger partial charge is 0.353 e. The summed E-state index contributed by atoms with van der Waals surface area (Å²) < 4.78 is 0. The highest BCUT2D eigenvalue weighted by molar-refractivity contribution is 7.98. The molecule has 3 nitrogen and oxygen atoms in total. The van der Waals surface area contributed by atoms with Crippen LogP contribution >= 0.6 is 11.8 Å². The molecule has 1 unspecified atom stereocenters. The van der Waals surface area contributed by atoms with Crippen LogP contribution in [0.5, 0.6) is 0 Å². The Bertz CT molecular complexity index is 153. The first-order valence-electron chi connectivity index (χ1n) is 5.23. The Morgan fingerprint density at radius 1 is 1.50 bits per heavy atom. The van der Waals surface area contributed by atoms with Crippen molar-refractivity contribution in [1.29, 1.82) is 0 Å². The maximum Gasteiger partial charge on any atom is 0.220 e. The van der Waals surface area contributed by atoms with Crippen molar-refractivity contribution in [2.75, 3.05) is 18.6 Å². The minimum absolute atomic E-state index is 0.166. The third-order valence-electron chi connectivity index (χ3n) is 2.08. The minimum Gasteiger partial charge on any atom is -0.353 e. The van der Waals surface area contributed by atoms with Gasteiger partial charge in [-0.15, -0.1) is 0 Å². The van der Waals surface area contributed by atoms with Crippen LogP contribution in [0.1, 0.15) is 32.6 Å². The Kier molecular flexibility index (Phi) is 9.19. The summed E-state index contributed by atoms with van der Waals surface area (Å²) in [7, 11) is 0. The maximum absolute atomic E-state index is 11.4. The molecule has 84 valence electrons. The second-order valence-corrected chi connectivity index (χ2v) is 4.28. The highest BCUT2D eigenvalue weighted by Gasteiger charge is 2.08. The van der Waals surface area contributed by atoms with Crippen LogP contribution in [0.25, 0.3) is 0 Å².